The van der Waals surface area contributed by atoms with Crippen LogP contribution < -0.4 is 5.32 Å². The summed E-state index contributed by atoms with van der Waals surface area (Å²) in [7, 11) is 0. The third kappa shape index (κ3) is 4.04. The standard InChI is InChI=1S/C22H21N5O3S/c1-2-26-18(24-25-22(26)31)10-11-23-19(28)15-7-5-6-14(12-15)13-27-20(29)16-8-3-4-9-17(16)21(27)30/h3-9,12H,2,10-11,13H2,1H3,(H,23,28)(H,25,31). The number of carbonyl (C=O) groups excluding carboxylic acids is 3. The predicted octanol–water partition coefficient (Wildman–Crippen LogP) is 2.73. The van der Waals surface area contributed by atoms with E-state index in [9.17, 15) is 14.4 Å². The van der Waals surface area contributed by atoms with Crippen molar-refractivity contribution in [1.82, 2.24) is 25.0 Å². The number of nitrogens with zero attached hydrogens (tertiary/aromatic N) is 3. The lowest BCUT2D eigenvalue weighted by Gasteiger charge is -2.14. The number of imide groups is 1. The largest absolute Gasteiger partial charge is 0.352 e. The second-order valence-electron chi connectivity index (χ2n) is 7.14. The first-order valence-electron chi connectivity index (χ1n) is 9.96. The van der Waals surface area contributed by atoms with Gasteiger partial charge in [-0.2, -0.15) is 5.10 Å². The van der Waals surface area contributed by atoms with Crippen molar-refractivity contribution in [2.24, 2.45) is 0 Å². The van der Waals surface area contributed by atoms with Gasteiger partial charge in [0.2, 0.25) is 0 Å². The number of fused-ring (bicyclic) bond motifs is 1. The number of amides is 3. The molecule has 31 heavy (non-hydrogen) atoms. The van der Waals surface area contributed by atoms with Crippen molar-refractivity contribution in [1.29, 1.82) is 0 Å². The molecule has 0 bridgehead atoms. The summed E-state index contributed by atoms with van der Waals surface area (Å²) in [5.74, 6) is -0.0897. The molecule has 3 aromatic rings. The molecule has 1 aliphatic heterocycles. The lowest BCUT2D eigenvalue weighted by atomic mass is 10.1. The molecular weight excluding hydrogens is 414 g/mol. The van der Waals surface area contributed by atoms with E-state index in [1.165, 1.54) is 4.90 Å². The van der Waals surface area contributed by atoms with Crippen LogP contribution in [0.4, 0.5) is 0 Å². The summed E-state index contributed by atoms with van der Waals surface area (Å²) < 4.78 is 2.44. The molecule has 0 radical (unpaired) electrons. The number of hydrogen-bond acceptors (Lipinski definition) is 5. The van der Waals surface area contributed by atoms with E-state index < -0.39 is 0 Å². The van der Waals surface area contributed by atoms with Gasteiger partial charge in [-0.05, 0) is 49.0 Å². The molecule has 0 aliphatic carbocycles. The molecule has 0 fully saturated rings. The van der Waals surface area contributed by atoms with E-state index in [-0.39, 0.29) is 24.3 Å². The molecule has 0 atom stereocenters. The molecule has 0 unspecified atom stereocenters. The van der Waals surface area contributed by atoms with Gasteiger partial charge in [0.1, 0.15) is 5.82 Å². The van der Waals surface area contributed by atoms with Crippen LogP contribution in [0.1, 0.15) is 49.4 Å². The van der Waals surface area contributed by atoms with Gasteiger partial charge < -0.3 is 9.88 Å². The van der Waals surface area contributed by atoms with Gasteiger partial charge in [-0.3, -0.25) is 24.4 Å². The van der Waals surface area contributed by atoms with Crippen molar-refractivity contribution < 1.29 is 14.4 Å². The third-order valence-electron chi connectivity index (χ3n) is 5.20. The fraction of sp³-hybridized carbons (Fsp3) is 0.227. The Kier molecular flexibility index (Phi) is 5.77. The average molecular weight is 436 g/mol. The number of rotatable bonds is 7. The van der Waals surface area contributed by atoms with Crippen molar-refractivity contribution in [3.8, 4) is 0 Å². The SMILES string of the molecule is CCn1c(CCNC(=O)c2cccc(CN3C(=O)c4ccccc4C3=O)c2)n[nH]c1=S. The summed E-state index contributed by atoms with van der Waals surface area (Å²) in [6.45, 7) is 3.20. The normalized spacial score (nSPS) is 12.9. The van der Waals surface area contributed by atoms with Gasteiger partial charge in [-0.1, -0.05) is 24.3 Å². The summed E-state index contributed by atoms with van der Waals surface area (Å²) in [5.41, 5.74) is 1.98. The van der Waals surface area contributed by atoms with Crippen molar-refractivity contribution in [2.75, 3.05) is 6.54 Å². The first-order chi connectivity index (χ1) is 15.0. The van der Waals surface area contributed by atoms with E-state index in [1.807, 2.05) is 11.5 Å². The van der Waals surface area contributed by atoms with E-state index in [1.54, 1.807) is 48.5 Å². The highest BCUT2D eigenvalue weighted by atomic mass is 32.1. The number of hydrogen-bond donors (Lipinski definition) is 2. The monoisotopic (exact) mass is 435 g/mol. The van der Waals surface area contributed by atoms with E-state index in [2.05, 4.69) is 15.5 Å². The summed E-state index contributed by atoms with van der Waals surface area (Å²) in [6, 6.07) is 13.7. The van der Waals surface area contributed by atoms with Crippen molar-refractivity contribution in [2.45, 2.75) is 26.4 Å². The van der Waals surface area contributed by atoms with Crippen LogP contribution in [0.2, 0.25) is 0 Å². The van der Waals surface area contributed by atoms with Crippen LogP contribution in [0, 0.1) is 4.77 Å². The lowest BCUT2D eigenvalue weighted by molar-refractivity contribution is 0.0642. The molecule has 2 heterocycles. The highest BCUT2D eigenvalue weighted by molar-refractivity contribution is 7.71. The Hall–Kier alpha value is -3.59. The number of aromatic nitrogens is 3. The topological polar surface area (TPSA) is 100 Å². The fourth-order valence-electron chi connectivity index (χ4n) is 3.63. The maximum Gasteiger partial charge on any atom is 0.261 e. The number of aromatic amines is 1. The number of benzene rings is 2. The Labute approximate surface area is 183 Å². The van der Waals surface area contributed by atoms with Gasteiger partial charge in [0.15, 0.2) is 4.77 Å². The molecule has 1 aromatic heterocycles. The fourth-order valence-corrected chi connectivity index (χ4v) is 3.91. The highest BCUT2D eigenvalue weighted by Crippen LogP contribution is 2.24. The maximum atomic E-state index is 12.6. The number of carbonyl (C=O) groups is 3. The van der Waals surface area contributed by atoms with Crippen LogP contribution in [0.5, 0.6) is 0 Å². The quantitative estimate of drug-likeness (QED) is 0.439. The zero-order valence-corrected chi connectivity index (χ0v) is 17.7. The van der Waals surface area contributed by atoms with E-state index >= 15 is 0 Å². The molecule has 0 spiro atoms. The molecule has 1 aliphatic rings. The predicted molar refractivity (Wildman–Crippen MR) is 116 cm³/mol. The smallest absolute Gasteiger partial charge is 0.261 e. The molecule has 158 valence electrons. The Balaban J connectivity index is 1.40. The molecule has 9 heteroatoms. The van der Waals surface area contributed by atoms with Gasteiger partial charge in [0, 0.05) is 25.1 Å². The lowest BCUT2D eigenvalue weighted by Crippen LogP contribution is -2.29. The van der Waals surface area contributed by atoms with Gasteiger partial charge in [-0.15, -0.1) is 0 Å². The minimum absolute atomic E-state index is 0.110. The summed E-state index contributed by atoms with van der Waals surface area (Å²) in [4.78, 5) is 38.9. The van der Waals surface area contributed by atoms with Crippen LogP contribution >= 0.6 is 12.2 Å². The maximum absolute atomic E-state index is 12.6. The number of nitrogens with one attached hydrogen (secondary N) is 2. The van der Waals surface area contributed by atoms with Crippen LogP contribution in [-0.2, 0) is 19.5 Å². The number of H-pyrrole nitrogens is 1. The Bertz CT molecular complexity index is 1190. The molecule has 3 amide bonds. The molecule has 0 saturated carbocycles. The Morgan fingerprint density at radius 3 is 2.48 bits per heavy atom. The van der Waals surface area contributed by atoms with E-state index in [4.69, 9.17) is 12.2 Å². The highest BCUT2D eigenvalue weighted by Gasteiger charge is 2.34. The van der Waals surface area contributed by atoms with Crippen molar-refractivity contribution in [3.05, 3.63) is 81.4 Å². The van der Waals surface area contributed by atoms with E-state index in [0.717, 1.165) is 5.82 Å². The van der Waals surface area contributed by atoms with Gasteiger partial charge in [0.25, 0.3) is 17.7 Å². The summed E-state index contributed by atoms with van der Waals surface area (Å²) in [6.07, 6.45) is 0.543. The third-order valence-corrected chi connectivity index (χ3v) is 5.51. The molecule has 4 rings (SSSR count). The zero-order valence-electron chi connectivity index (χ0n) is 16.9. The minimum Gasteiger partial charge on any atom is -0.352 e. The van der Waals surface area contributed by atoms with Gasteiger partial charge >= 0.3 is 0 Å². The van der Waals surface area contributed by atoms with Gasteiger partial charge in [0.05, 0.1) is 17.7 Å². The Morgan fingerprint density at radius 1 is 1.10 bits per heavy atom. The zero-order chi connectivity index (χ0) is 22.0. The average Bonchev–Trinajstić information content (AvgIpc) is 3.26. The second kappa shape index (κ2) is 8.65. The van der Waals surface area contributed by atoms with Crippen LogP contribution in [-0.4, -0.2) is 43.9 Å². The van der Waals surface area contributed by atoms with Crippen LogP contribution in [0.25, 0.3) is 0 Å². The molecule has 2 N–H and O–H groups in total. The molecular formula is C22H21N5O3S. The second-order valence-corrected chi connectivity index (χ2v) is 7.52. The van der Waals surface area contributed by atoms with Crippen molar-refractivity contribution in [3.63, 3.8) is 0 Å². The molecule has 2 aromatic carbocycles. The first kappa shape index (κ1) is 20.7. The Morgan fingerprint density at radius 2 is 1.81 bits per heavy atom. The molecule has 8 nitrogen and oxygen atoms in total. The van der Waals surface area contributed by atoms with E-state index in [0.29, 0.717) is 46.5 Å². The minimum atomic E-state index is -0.320. The molecule has 0 saturated heterocycles. The summed E-state index contributed by atoms with van der Waals surface area (Å²) >= 11 is 5.17. The van der Waals surface area contributed by atoms with Crippen molar-refractivity contribution >= 4 is 29.9 Å². The summed E-state index contributed by atoms with van der Waals surface area (Å²) in [5, 5.41) is 9.81. The van der Waals surface area contributed by atoms with Crippen LogP contribution in [0.3, 0.4) is 0 Å². The first-order valence-corrected chi connectivity index (χ1v) is 10.4. The van der Waals surface area contributed by atoms with Gasteiger partial charge in [-0.25, -0.2) is 0 Å². The van der Waals surface area contributed by atoms with Crippen LogP contribution in [0.15, 0.2) is 48.5 Å².